The number of methoxy groups -OCH3 is 1. The van der Waals surface area contributed by atoms with Crippen LogP contribution in [0.15, 0.2) is 72.8 Å². The van der Waals surface area contributed by atoms with E-state index in [2.05, 4.69) is 16.0 Å². The SMILES string of the molecule is COc1ccc(NC(=O)NCCN(C(=O)Nc2ccccc2C)c2ccc(F)cc2)cc1. The van der Waals surface area contributed by atoms with Gasteiger partial charge in [0, 0.05) is 30.2 Å². The molecule has 32 heavy (non-hydrogen) atoms. The summed E-state index contributed by atoms with van der Waals surface area (Å²) in [4.78, 5) is 26.6. The Morgan fingerprint density at radius 3 is 2.28 bits per heavy atom. The number of carbonyl (C=O) groups excluding carboxylic acids is 2. The van der Waals surface area contributed by atoms with Gasteiger partial charge in [-0.15, -0.1) is 0 Å². The minimum Gasteiger partial charge on any atom is -0.497 e. The smallest absolute Gasteiger partial charge is 0.326 e. The molecular formula is C24H25FN4O3. The average Bonchev–Trinajstić information content (AvgIpc) is 2.79. The van der Waals surface area contributed by atoms with Crippen LogP contribution in [0.25, 0.3) is 0 Å². The number of ether oxygens (including phenoxy) is 1. The Bertz CT molecular complexity index is 1060. The Hall–Kier alpha value is -4.07. The van der Waals surface area contributed by atoms with Crippen molar-refractivity contribution < 1.29 is 18.7 Å². The lowest BCUT2D eigenvalue weighted by atomic mass is 10.2. The molecule has 0 saturated heterocycles. The first-order valence-corrected chi connectivity index (χ1v) is 10.0. The summed E-state index contributed by atoms with van der Waals surface area (Å²) in [6, 6.07) is 19.1. The Labute approximate surface area is 186 Å². The number of nitrogens with zero attached hydrogens (tertiary/aromatic N) is 1. The van der Waals surface area contributed by atoms with E-state index in [4.69, 9.17) is 4.74 Å². The lowest BCUT2D eigenvalue weighted by Crippen LogP contribution is -2.42. The van der Waals surface area contributed by atoms with Crippen molar-refractivity contribution in [1.29, 1.82) is 0 Å². The molecule has 3 N–H and O–H groups in total. The third-order valence-corrected chi connectivity index (χ3v) is 4.74. The van der Waals surface area contributed by atoms with Gasteiger partial charge in [0.05, 0.1) is 7.11 Å². The van der Waals surface area contributed by atoms with Crippen LogP contribution in [0.3, 0.4) is 0 Å². The fourth-order valence-corrected chi connectivity index (χ4v) is 3.00. The van der Waals surface area contributed by atoms with Gasteiger partial charge in [-0.25, -0.2) is 14.0 Å². The number of aryl methyl sites for hydroxylation is 1. The third kappa shape index (κ3) is 6.21. The van der Waals surface area contributed by atoms with Crippen LogP contribution < -0.4 is 25.6 Å². The predicted molar refractivity (Wildman–Crippen MR) is 124 cm³/mol. The van der Waals surface area contributed by atoms with E-state index in [0.29, 0.717) is 22.8 Å². The van der Waals surface area contributed by atoms with Crippen LogP contribution in [0.1, 0.15) is 5.56 Å². The number of rotatable bonds is 7. The molecule has 3 aromatic carbocycles. The summed E-state index contributed by atoms with van der Waals surface area (Å²) in [7, 11) is 1.57. The number of para-hydroxylation sites is 1. The van der Waals surface area contributed by atoms with Crippen molar-refractivity contribution in [1.82, 2.24) is 5.32 Å². The quantitative estimate of drug-likeness (QED) is 0.487. The minimum absolute atomic E-state index is 0.180. The second kappa shape index (κ2) is 10.8. The molecule has 0 unspecified atom stereocenters. The molecular weight excluding hydrogens is 411 g/mol. The van der Waals surface area contributed by atoms with Crippen molar-refractivity contribution in [2.75, 3.05) is 35.7 Å². The van der Waals surface area contributed by atoms with Gasteiger partial charge in [-0.2, -0.15) is 0 Å². The molecule has 3 aromatic rings. The average molecular weight is 436 g/mol. The van der Waals surface area contributed by atoms with Crippen molar-refractivity contribution in [3.8, 4) is 5.75 Å². The monoisotopic (exact) mass is 436 g/mol. The largest absolute Gasteiger partial charge is 0.497 e. The van der Waals surface area contributed by atoms with Gasteiger partial charge in [-0.1, -0.05) is 18.2 Å². The van der Waals surface area contributed by atoms with Gasteiger partial charge in [-0.05, 0) is 67.1 Å². The first-order valence-electron chi connectivity index (χ1n) is 10.0. The summed E-state index contributed by atoms with van der Waals surface area (Å²) < 4.78 is 18.5. The van der Waals surface area contributed by atoms with Gasteiger partial charge in [0.15, 0.2) is 0 Å². The van der Waals surface area contributed by atoms with E-state index in [1.807, 2.05) is 25.1 Å². The third-order valence-electron chi connectivity index (χ3n) is 4.74. The normalized spacial score (nSPS) is 10.2. The summed E-state index contributed by atoms with van der Waals surface area (Å²) in [5.41, 5.74) is 2.71. The topological polar surface area (TPSA) is 82.7 Å². The molecule has 0 aliphatic rings. The van der Waals surface area contributed by atoms with E-state index in [1.165, 1.54) is 29.2 Å². The minimum atomic E-state index is -0.409. The molecule has 0 atom stereocenters. The molecule has 7 nitrogen and oxygen atoms in total. The van der Waals surface area contributed by atoms with Crippen molar-refractivity contribution in [3.05, 3.63) is 84.2 Å². The lowest BCUT2D eigenvalue weighted by Gasteiger charge is -2.24. The van der Waals surface area contributed by atoms with E-state index < -0.39 is 11.8 Å². The molecule has 0 radical (unpaired) electrons. The van der Waals surface area contributed by atoms with Crippen molar-refractivity contribution >= 4 is 29.1 Å². The van der Waals surface area contributed by atoms with Gasteiger partial charge < -0.3 is 20.7 Å². The number of amides is 4. The highest BCUT2D eigenvalue weighted by molar-refractivity contribution is 6.02. The van der Waals surface area contributed by atoms with E-state index in [0.717, 1.165) is 5.56 Å². The van der Waals surface area contributed by atoms with Gasteiger partial charge >= 0.3 is 12.1 Å². The summed E-state index contributed by atoms with van der Waals surface area (Å²) >= 11 is 0. The zero-order valence-corrected chi connectivity index (χ0v) is 17.9. The van der Waals surface area contributed by atoms with Crippen molar-refractivity contribution in [2.24, 2.45) is 0 Å². The van der Waals surface area contributed by atoms with Crippen LogP contribution in [0.4, 0.5) is 31.0 Å². The van der Waals surface area contributed by atoms with Crippen LogP contribution in [0, 0.1) is 12.7 Å². The first-order chi connectivity index (χ1) is 15.5. The second-order valence-electron chi connectivity index (χ2n) is 6.98. The molecule has 4 amide bonds. The van der Waals surface area contributed by atoms with E-state index in [1.54, 1.807) is 37.4 Å². The molecule has 0 aliphatic heterocycles. The van der Waals surface area contributed by atoms with Gasteiger partial charge in [-0.3, -0.25) is 4.90 Å². The molecule has 0 bridgehead atoms. The molecule has 0 fully saturated rings. The molecule has 0 heterocycles. The van der Waals surface area contributed by atoms with Crippen LogP contribution in [0.5, 0.6) is 5.75 Å². The maximum atomic E-state index is 13.4. The molecule has 0 aliphatic carbocycles. The first kappa shape index (κ1) is 22.6. The highest BCUT2D eigenvalue weighted by Gasteiger charge is 2.17. The van der Waals surface area contributed by atoms with Crippen LogP contribution in [0.2, 0.25) is 0 Å². The van der Waals surface area contributed by atoms with Crippen LogP contribution >= 0.6 is 0 Å². The Kier molecular flexibility index (Phi) is 7.64. The summed E-state index contributed by atoms with van der Waals surface area (Å²) in [6.45, 7) is 2.25. The fourth-order valence-electron chi connectivity index (χ4n) is 3.00. The molecule has 8 heteroatoms. The highest BCUT2D eigenvalue weighted by atomic mass is 19.1. The Morgan fingerprint density at radius 2 is 1.62 bits per heavy atom. The lowest BCUT2D eigenvalue weighted by molar-refractivity contribution is 0.250. The standard InChI is InChI=1S/C24H25FN4O3/c1-17-5-3-4-6-22(17)28-24(31)29(20-11-7-18(25)8-12-20)16-15-26-23(30)27-19-9-13-21(32-2)14-10-19/h3-14H,15-16H2,1-2H3,(H,28,31)(H2,26,27,30). The number of benzene rings is 3. The molecule has 0 saturated carbocycles. The molecule has 0 spiro atoms. The number of carbonyl (C=O) groups is 2. The van der Waals surface area contributed by atoms with E-state index in [9.17, 15) is 14.0 Å². The Morgan fingerprint density at radius 1 is 0.938 bits per heavy atom. The number of urea groups is 2. The number of hydrogen-bond donors (Lipinski definition) is 3. The molecule has 0 aromatic heterocycles. The fraction of sp³-hybridized carbons (Fsp3) is 0.167. The van der Waals surface area contributed by atoms with Gasteiger partial charge in [0.2, 0.25) is 0 Å². The van der Waals surface area contributed by atoms with E-state index >= 15 is 0 Å². The van der Waals surface area contributed by atoms with Gasteiger partial charge in [0.25, 0.3) is 0 Å². The highest BCUT2D eigenvalue weighted by Crippen LogP contribution is 2.19. The molecule has 166 valence electrons. The van der Waals surface area contributed by atoms with Gasteiger partial charge in [0.1, 0.15) is 11.6 Å². The van der Waals surface area contributed by atoms with Crippen LogP contribution in [-0.4, -0.2) is 32.3 Å². The Balaban J connectivity index is 1.63. The summed E-state index contributed by atoms with van der Waals surface area (Å²) in [5, 5.41) is 8.31. The van der Waals surface area contributed by atoms with Crippen LogP contribution in [-0.2, 0) is 0 Å². The number of anilines is 3. The maximum absolute atomic E-state index is 13.4. The number of nitrogens with one attached hydrogen (secondary N) is 3. The molecule has 3 rings (SSSR count). The second-order valence-corrected chi connectivity index (χ2v) is 6.98. The number of halogens is 1. The maximum Gasteiger partial charge on any atom is 0.326 e. The number of hydrogen-bond acceptors (Lipinski definition) is 3. The predicted octanol–water partition coefficient (Wildman–Crippen LogP) is 5.00. The zero-order valence-electron chi connectivity index (χ0n) is 17.9. The van der Waals surface area contributed by atoms with Crippen molar-refractivity contribution in [2.45, 2.75) is 6.92 Å². The van der Waals surface area contributed by atoms with E-state index in [-0.39, 0.29) is 19.1 Å². The van der Waals surface area contributed by atoms with Crippen molar-refractivity contribution in [3.63, 3.8) is 0 Å². The zero-order chi connectivity index (χ0) is 22.9. The summed E-state index contributed by atoms with van der Waals surface area (Å²) in [5.74, 6) is 0.288. The summed E-state index contributed by atoms with van der Waals surface area (Å²) in [6.07, 6.45) is 0.